The molecular formula is C16H26O6. The summed E-state index contributed by atoms with van der Waals surface area (Å²) in [6.07, 6.45) is 5.85. The summed E-state index contributed by atoms with van der Waals surface area (Å²) >= 11 is 0. The predicted octanol–water partition coefficient (Wildman–Crippen LogP) is 1.51. The van der Waals surface area contributed by atoms with Gasteiger partial charge in [-0.2, -0.15) is 0 Å². The van der Waals surface area contributed by atoms with E-state index >= 15 is 0 Å². The van der Waals surface area contributed by atoms with Gasteiger partial charge in [-0.25, -0.2) is 9.59 Å². The highest BCUT2D eigenvalue weighted by Crippen LogP contribution is 2.03. The second-order valence-corrected chi connectivity index (χ2v) is 4.78. The number of aliphatic hydroxyl groups is 2. The molecule has 0 aromatic heterocycles. The predicted molar refractivity (Wildman–Crippen MR) is 82.1 cm³/mol. The number of aliphatic hydroxyl groups excluding tert-OH is 2. The topological polar surface area (TPSA) is 93.1 Å². The molecule has 0 heterocycles. The Labute approximate surface area is 131 Å². The van der Waals surface area contributed by atoms with E-state index < -0.39 is 11.9 Å². The zero-order valence-corrected chi connectivity index (χ0v) is 13.3. The van der Waals surface area contributed by atoms with E-state index in [-0.39, 0.29) is 26.4 Å². The number of unbranched alkanes of at least 4 members (excludes halogenated alkanes) is 2. The van der Waals surface area contributed by atoms with Crippen molar-refractivity contribution in [3.63, 3.8) is 0 Å². The van der Waals surface area contributed by atoms with E-state index in [4.69, 9.17) is 19.7 Å². The van der Waals surface area contributed by atoms with Crippen molar-refractivity contribution in [1.82, 2.24) is 0 Å². The molecule has 2 N–H and O–H groups in total. The van der Waals surface area contributed by atoms with Crippen LogP contribution in [0.4, 0.5) is 0 Å². The van der Waals surface area contributed by atoms with Crippen molar-refractivity contribution >= 4 is 11.9 Å². The molecule has 0 saturated heterocycles. The first-order valence-electron chi connectivity index (χ1n) is 7.42. The van der Waals surface area contributed by atoms with Gasteiger partial charge in [0.25, 0.3) is 0 Å². The van der Waals surface area contributed by atoms with Gasteiger partial charge in [-0.15, -0.1) is 0 Å². The third-order valence-electron chi connectivity index (χ3n) is 2.82. The summed E-state index contributed by atoms with van der Waals surface area (Å²) in [6, 6.07) is 0. The summed E-state index contributed by atoms with van der Waals surface area (Å²) in [6.45, 7) is 3.44. The van der Waals surface area contributed by atoms with Gasteiger partial charge in [0.15, 0.2) is 0 Å². The summed E-state index contributed by atoms with van der Waals surface area (Å²) in [5.41, 5.74) is 0.944. The fraction of sp³-hybridized carbons (Fsp3) is 0.625. The Hall–Kier alpha value is -1.66. The highest BCUT2D eigenvalue weighted by Gasteiger charge is 2.08. The number of hydrogen-bond donors (Lipinski definition) is 2. The number of esters is 2. The molecule has 6 heteroatoms. The Bertz CT molecular complexity index is 359. The van der Waals surface area contributed by atoms with Crippen LogP contribution < -0.4 is 0 Å². The molecule has 0 aromatic rings. The minimum atomic E-state index is -0.454. The van der Waals surface area contributed by atoms with E-state index in [0.29, 0.717) is 36.8 Å². The summed E-state index contributed by atoms with van der Waals surface area (Å²) in [4.78, 5) is 23.1. The maximum absolute atomic E-state index is 11.6. The van der Waals surface area contributed by atoms with Gasteiger partial charge in [0, 0.05) is 24.4 Å². The summed E-state index contributed by atoms with van der Waals surface area (Å²) in [7, 11) is 0. The van der Waals surface area contributed by atoms with Crippen LogP contribution in [0.15, 0.2) is 23.3 Å². The van der Waals surface area contributed by atoms with Crippen LogP contribution >= 0.6 is 0 Å². The summed E-state index contributed by atoms with van der Waals surface area (Å²) in [5.74, 6) is -0.909. The van der Waals surface area contributed by atoms with E-state index in [1.165, 1.54) is 0 Å². The molecule has 22 heavy (non-hydrogen) atoms. The van der Waals surface area contributed by atoms with Crippen molar-refractivity contribution < 1.29 is 29.3 Å². The minimum Gasteiger partial charge on any atom is -0.459 e. The van der Waals surface area contributed by atoms with Gasteiger partial charge in [-0.05, 0) is 39.5 Å². The molecule has 0 radical (unpaired) electrons. The van der Waals surface area contributed by atoms with Crippen LogP contribution in [-0.4, -0.2) is 48.6 Å². The van der Waals surface area contributed by atoms with Crippen LogP contribution in [0, 0.1) is 0 Å². The number of carbonyl (C=O) groups is 2. The van der Waals surface area contributed by atoms with Gasteiger partial charge in [0.1, 0.15) is 13.2 Å². The molecule has 0 saturated carbocycles. The van der Waals surface area contributed by atoms with E-state index in [0.717, 1.165) is 0 Å². The molecule has 126 valence electrons. The van der Waals surface area contributed by atoms with Gasteiger partial charge in [-0.3, -0.25) is 0 Å². The molecule has 0 aliphatic carbocycles. The average molecular weight is 314 g/mol. The van der Waals surface area contributed by atoms with Crippen molar-refractivity contribution in [2.24, 2.45) is 0 Å². The molecule has 0 unspecified atom stereocenters. The largest absolute Gasteiger partial charge is 0.459 e. The Kier molecular flexibility index (Phi) is 12.1. The lowest BCUT2D eigenvalue weighted by atomic mass is 10.2. The van der Waals surface area contributed by atoms with Gasteiger partial charge in [0.05, 0.1) is 0 Å². The lowest BCUT2D eigenvalue weighted by Crippen LogP contribution is -2.15. The summed E-state index contributed by atoms with van der Waals surface area (Å²) in [5, 5.41) is 17.3. The molecule has 0 fully saturated rings. The zero-order chi connectivity index (χ0) is 16.8. The quantitative estimate of drug-likeness (QED) is 0.341. The van der Waals surface area contributed by atoms with Crippen LogP contribution in [0.3, 0.4) is 0 Å². The number of carbonyl (C=O) groups excluding carboxylic acids is 2. The van der Waals surface area contributed by atoms with Crippen molar-refractivity contribution in [3.8, 4) is 0 Å². The smallest absolute Gasteiger partial charge is 0.333 e. The van der Waals surface area contributed by atoms with Gasteiger partial charge in [-0.1, -0.05) is 12.2 Å². The van der Waals surface area contributed by atoms with Crippen molar-refractivity contribution in [1.29, 1.82) is 0 Å². The fourth-order valence-electron chi connectivity index (χ4n) is 1.48. The summed E-state index contributed by atoms with van der Waals surface area (Å²) < 4.78 is 9.93. The molecule has 0 rings (SSSR count). The fourth-order valence-corrected chi connectivity index (χ4v) is 1.48. The molecule has 0 spiro atoms. The molecule has 0 atom stereocenters. The van der Waals surface area contributed by atoms with Crippen LogP contribution in [-0.2, 0) is 19.1 Å². The lowest BCUT2D eigenvalue weighted by molar-refractivity contribution is -0.147. The van der Waals surface area contributed by atoms with Crippen LogP contribution in [0.5, 0.6) is 0 Å². The van der Waals surface area contributed by atoms with Gasteiger partial charge in [0.2, 0.25) is 0 Å². The first-order valence-corrected chi connectivity index (χ1v) is 7.42. The Balaban J connectivity index is 3.92. The maximum atomic E-state index is 11.6. The van der Waals surface area contributed by atoms with Crippen molar-refractivity contribution in [2.45, 2.75) is 39.5 Å². The minimum absolute atomic E-state index is 0.000324. The maximum Gasteiger partial charge on any atom is 0.333 e. The third-order valence-corrected chi connectivity index (χ3v) is 2.82. The van der Waals surface area contributed by atoms with Crippen LogP contribution in [0.2, 0.25) is 0 Å². The monoisotopic (exact) mass is 314 g/mol. The van der Waals surface area contributed by atoms with Gasteiger partial charge >= 0.3 is 11.9 Å². The number of rotatable bonds is 11. The number of hydrogen-bond acceptors (Lipinski definition) is 6. The van der Waals surface area contributed by atoms with Crippen molar-refractivity contribution in [2.75, 3.05) is 26.4 Å². The van der Waals surface area contributed by atoms with Crippen molar-refractivity contribution in [3.05, 3.63) is 23.3 Å². The second-order valence-electron chi connectivity index (χ2n) is 4.78. The van der Waals surface area contributed by atoms with Gasteiger partial charge < -0.3 is 19.7 Å². The highest BCUT2D eigenvalue weighted by molar-refractivity contribution is 5.88. The standard InChI is InChI=1S/C16H26O6/c1-13(7-3-5-9-17)15(19)21-11-12-22-16(20)14(2)8-4-6-10-18/h7-8,17-18H,3-6,9-12H2,1-2H3. The average Bonchev–Trinajstić information content (AvgIpc) is 2.51. The molecule has 0 aromatic carbocycles. The molecular weight excluding hydrogens is 288 g/mol. The second kappa shape index (κ2) is 13.0. The normalized spacial score (nSPS) is 12.2. The molecule has 0 amide bonds. The lowest BCUT2D eigenvalue weighted by Gasteiger charge is -2.07. The van der Waals surface area contributed by atoms with E-state index in [1.54, 1.807) is 26.0 Å². The highest BCUT2D eigenvalue weighted by atomic mass is 16.6. The molecule has 6 nitrogen and oxygen atoms in total. The third kappa shape index (κ3) is 10.1. The molecule has 0 aliphatic rings. The molecule has 0 bridgehead atoms. The Morgan fingerprint density at radius 1 is 0.818 bits per heavy atom. The first kappa shape index (κ1) is 20.3. The first-order chi connectivity index (χ1) is 10.5. The van der Waals surface area contributed by atoms with Crippen LogP contribution in [0.1, 0.15) is 39.5 Å². The molecule has 0 aliphatic heterocycles. The van der Waals surface area contributed by atoms with E-state index in [2.05, 4.69) is 0 Å². The number of allylic oxidation sites excluding steroid dienone is 2. The van der Waals surface area contributed by atoms with E-state index in [1.807, 2.05) is 0 Å². The Morgan fingerprint density at radius 2 is 1.18 bits per heavy atom. The van der Waals surface area contributed by atoms with Crippen LogP contribution in [0.25, 0.3) is 0 Å². The Morgan fingerprint density at radius 3 is 1.50 bits per heavy atom. The van der Waals surface area contributed by atoms with E-state index in [9.17, 15) is 9.59 Å². The zero-order valence-electron chi connectivity index (χ0n) is 13.3. The number of ether oxygens (including phenoxy) is 2. The SMILES string of the molecule is CC(=CCCCO)C(=O)OCCOC(=O)C(C)=CCCCO.